The molecule has 0 aliphatic heterocycles. The van der Waals surface area contributed by atoms with Gasteiger partial charge in [0.1, 0.15) is 4.90 Å². The molecule has 0 bridgehead atoms. The summed E-state index contributed by atoms with van der Waals surface area (Å²) in [5.74, 6) is 0. The summed E-state index contributed by atoms with van der Waals surface area (Å²) in [4.78, 5) is 6.19. The quantitative estimate of drug-likeness (QED) is 0.898. The van der Waals surface area contributed by atoms with E-state index in [2.05, 4.69) is 14.8 Å². The van der Waals surface area contributed by atoms with Crippen LogP contribution in [0, 0.1) is 0 Å². The number of hydrogen-bond donors (Lipinski definition) is 1. The van der Waals surface area contributed by atoms with Gasteiger partial charge in [0.05, 0.1) is 16.9 Å². The molecule has 0 unspecified atom stereocenters. The monoisotopic (exact) mass is 326 g/mol. The Hall–Kier alpha value is -1.25. The average Bonchev–Trinajstić information content (AvgIpc) is 3.04. The second-order valence-corrected chi connectivity index (χ2v) is 8.12. The first-order chi connectivity index (χ1) is 10.0. The van der Waals surface area contributed by atoms with E-state index in [-0.39, 0.29) is 4.90 Å². The Morgan fingerprint density at radius 3 is 2.90 bits per heavy atom. The summed E-state index contributed by atoms with van der Waals surface area (Å²) in [5.41, 5.74) is 1.22. The highest BCUT2D eigenvalue weighted by Gasteiger charge is 2.17. The molecule has 0 spiro atoms. The average molecular weight is 326 g/mol. The van der Waals surface area contributed by atoms with E-state index < -0.39 is 10.0 Å². The van der Waals surface area contributed by atoms with Gasteiger partial charge < -0.3 is 0 Å². The smallest absolute Gasteiger partial charge is 0.243 e. The zero-order valence-corrected chi connectivity index (χ0v) is 13.5. The fourth-order valence-corrected chi connectivity index (χ4v) is 4.60. The van der Waals surface area contributed by atoms with Gasteiger partial charge in [0.25, 0.3) is 0 Å². The van der Waals surface area contributed by atoms with Crippen molar-refractivity contribution in [1.82, 2.24) is 19.5 Å². The van der Waals surface area contributed by atoms with E-state index in [0.29, 0.717) is 13.0 Å². The largest absolute Gasteiger partial charge is 0.274 e. The third-order valence-corrected chi connectivity index (χ3v) is 6.15. The maximum Gasteiger partial charge on any atom is 0.243 e. The van der Waals surface area contributed by atoms with Gasteiger partial charge in [-0.2, -0.15) is 5.10 Å². The van der Waals surface area contributed by atoms with Crippen LogP contribution in [0.15, 0.2) is 17.3 Å². The van der Waals surface area contributed by atoms with E-state index in [1.54, 1.807) is 18.4 Å². The van der Waals surface area contributed by atoms with Crippen LogP contribution >= 0.6 is 11.3 Å². The number of fused-ring (bicyclic) bond motifs is 1. The number of thiazole rings is 1. The molecule has 6 nitrogen and oxygen atoms in total. The molecule has 114 valence electrons. The number of rotatable bonds is 5. The Kier molecular flexibility index (Phi) is 4.10. The summed E-state index contributed by atoms with van der Waals surface area (Å²) in [6.45, 7) is 0.365. The number of aromatic nitrogens is 3. The Morgan fingerprint density at radius 1 is 1.38 bits per heavy atom. The van der Waals surface area contributed by atoms with Gasteiger partial charge in [-0.05, 0) is 25.7 Å². The van der Waals surface area contributed by atoms with Crippen LogP contribution < -0.4 is 4.72 Å². The number of nitrogens with zero attached hydrogens (tertiary/aromatic N) is 3. The molecule has 0 saturated carbocycles. The molecule has 0 atom stereocenters. The standard InChI is InChI=1S/C13H18N4O2S2/c1-17-9-10(8-14-17)21(18,19)15-7-6-13-16-11-4-2-3-5-12(11)20-13/h8-9,15H,2-7H2,1H3. The van der Waals surface area contributed by atoms with Crippen molar-refractivity contribution in [2.45, 2.75) is 37.0 Å². The summed E-state index contributed by atoms with van der Waals surface area (Å²) in [6, 6.07) is 0. The van der Waals surface area contributed by atoms with Crippen molar-refractivity contribution in [1.29, 1.82) is 0 Å². The normalized spacial score (nSPS) is 15.1. The summed E-state index contributed by atoms with van der Waals surface area (Å²) in [6.07, 6.45) is 8.11. The SMILES string of the molecule is Cn1cc(S(=O)(=O)NCCc2nc3c(s2)CCCC3)cn1. The molecule has 1 aliphatic rings. The van der Waals surface area contributed by atoms with Crippen molar-refractivity contribution in [3.63, 3.8) is 0 Å². The van der Waals surface area contributed by atoms with Crippen molar-refractivity contribution in [2.75, 3.05) is 6.54 Å². The minimum absolute atomic E-state index is 0.198. The summed E-state index contributed by atoms with van der Waals surface area (Å²) < 4.78 is 28.2. The van der Waals surface area contributed by atoms with Crippen LogP contribution in [0.2, 0.25) is 0 Å². The van der Waals surface area contributed by atoms with Gasteiger partial charge in [-0.3, -0.25) is 4.68 Å². The van der Waals surface area contributed by atoms with Gasteiger partial charge in [0.2, 0.25) is 10.0 Å². The minimum atomic E-state index is -3.47. The lowest BCUT2D eigenvalue weighted by atomic mass is 10.0. The van der Waals surface area contributed by atoms with E-state index >= 15 is 0 Å². The Balaban J connectivity index is 1.59. The molecule has 3 rings (SSSR count). The molecule has 0 saturated heterocycles. The van der Waals surface area contributed by atoms with Crippen LogP contribution in [0.1, 0.15) is 28.4 Å². The molecule has 21 heavy (non-hydrogen) atoms. The molecule has 2 aromatic heterocycles. The lowest BCUT2D eigenvalue weighted by Crippen LogP contribution is -2.25. The van der Waals surface area contributed by atoms with Crippen LogP contribution in [0.4, 0.5) is 0 Å². The van der Waals surface area contributed by atoms with Crippen LogP contribution in [-0.4, -0.2) is 29.7 Å². The summed E-state index contributed by atoms with van der Waals surface area (Å²) >= 11 is 1.72. The van der Waals surface area contributed by atoms with Gasteiger partial charge >= 0.3 is 0 Å². The van der Waals surface area contributed by atoms with E-state index in [9.17, 15) is 8.42 Å². The van der Waals surface area contributed by atoms with Crippen molar-refractivity contribution < 1.29 is 8.42 Å². The predicted octanol–water partition coefficient (Wildman–Crippen LogP) is 1.28. The highest BCUT2D eigenvalue weighted by molar-refractivity contribution is 7.89. The van der Waals surface area contributed by atoms with Crippen LogP contribution in [0.3, 0.4) is 0 Å². The molecule has 0 amide bonds. The Morgan fingerprint density at radius 2 is 2.19 bits per heavy atom. The minimum Gasteiger partial charge on any atom is -0.274 e. The first-order valence-electron chi connectivity index (χ1n) is 7.00. The third kappa shape index (κ3) is 3.33. The van der Waals surface area contributed by atoms with Gasteiger partial charge in [0, 0.05) is 31.1 Å². The molecule has 0 aromatic carbocycles. The molecule has 2 heterocycles. The molecule has 8 heteroatoms. The molecule has 1 N–H and O–H groups in total. The molecule has 0 radical (unpaired) electrons. The van der Waals surface area contributed by atoms with Crippen molar-refractivity contribution in [3.8, 4) is 0 Å². The fourth-order valence-electron chi connectivity index (χ4n) is 2.43. The Labute approximate surface area is 128 Å². The van der Waals surface area contributed by atoms with Gasteiger partial charge in [-0.25, -0.2) is 18.1 Å². The zero-order valence-electron chi connectivity index (χ0n) is 11.9. The number of nitrogens with one attached hydrogen (secondary N) is 1. The van der Waals surface area contributed by atoms with Crippen molar-refractivity contribution in [3.05, 3.63) is 28.0 Å². The van der Waals surface area contributed by atoms with Crippen LogP contribution in [0.5, 0.6) is 0 Å². The van der Waals surface area contributed by atoms with Gasteiger partial charge in [0.15, 0.2) is 0 Å². The highest BCUT2D eigenvalue weighted by atomic mass is 32.2. The molecular weight excluding hydrogens is 308 g/mol. The fraction of sp³-hybridized carbons (Fsp3) is 0.538. The molecule has 1 aliphatic carbocycles. The second-order valence-electron chi connectivity index (χ2n) is 5.18. The highest BCUT2D eigenvalue weighted by Crippen LogP contribution is 2.26. The van der Waals surface area contributed by atoms with E-state index in [4.69, 9.17) is 0 Å². The summed E-state index contributed by atoms with van der Waals surface area (Å²) in [7, 11) is -1.77. The second kappa shape index (κ2) is 5.86. The summed E-state index contributed by atoms with van der Waals surface area (Å²) in [5, 5.41) is 4.90. The molecule has 0 fully saturated rings. The predicted molar refractivity (Wildman–Crippen MR) is 80.9 cm³/mol. The maximum absolute atomic E-state index is 12.0. The molecular formula is C13H18N4O2S2. The first-order valence-corrected chi connectivity index (χ1v) is 9.30. The van der Waals surface area contributed by atoms with E-state index in [1.807, 2.05) is 0 Å². The number of hydrogen-bond acceptors (Lipinski definition) is 5. The lowest BCUT2D eigenvalue weighted by Gasteiger charge is -2.06. The van der Waals surface area contributed by atoms with Crippen molar-refractivity contribution in [2.24, 2.45) is 7.05 Å². The van der Waals surface area contributed by atoms with Gasteiger partial charge in [-0.1, -0.05) is 0 Å². The van der Waals surface area contributed by atoms with Crippen LogP contribution in [-0.2, 0) is 36.3 Å². The lowest BCUT2D eigenvalue weighted by molar-refractivity contribution is 0.581. The van der Waals surface area contributed by atoms with Gasteiger partial charge in [-0.15, -0.1) is 11.3 Å². The number of aryl methyl sites for hydroxylation is 3. The first kappa shape index (κ1) is 14.7. The Bertz CT molecular complexity index is 710. The van der Waals surface area contributed by atoms with E-state index in [0.717, 1.165) is 17.8 Å². The molecule has 2 aromatic rings. The topological polar surface area (TPSA) is 76.9 Å². The van der Waals surface area contributed by atoms with Crippen molar-refractivity contribution >= 4 is 21.4 Å². The van der Waals surface area contributed by atoms with E-state index in [1.165, 1.54) is 40.5 Å². The zero-order chi connectivity index (χ0) is 14.9. The van der Waals surface area contributed by atoms with Crippen LogP contribution in [0.25, 0.3) is 0 Å². The number of sulfonamides is 1. The third-order valence-electron chi connectivity index (χ3n) is 3.51. The maximum atomic E-state index is 12.0.